The molecule has 0 radical (unpaired) electrons. The highest BCUT2D eigenvalue weighted by molar-refractivity contribution is 6.12. The van der Waals surface area contributed by atoms with Crippen molar-refractivity contribution in [3.8, 4) is 50.8 Å². The van der Waals surface area contributed by atoms with E-state index in [0.717, 1.165) is 77.0 Å². The minimum atomic E-state index is -0.681. The van der Waals surface area contributed by atoms with E-state index in [9.17, 15) is 5.26 Å². The van der Waals surface area contributed by atoms with Crippen LogP contribution in [0.3, 0.4) is 0 Å². The lowest BCUT2D eigenvalue weighted by atomic mass is 9.98. The normalized spacial score (nSPS) is 11.6. The summed E-state index contributed by atoms with van der Waals surface area (Å²) in [6.07, 6.45) is 0. The Balaban J connectivity index is 1.36. The van der Waals surface area contributed by atoms with E-state index in [2.05, 4.69) is 114 Å². The van der Waals surface area contributed by atoms with Gasteiger partial charge in [-0.2, -0.15) is 5.26 Å². The van der Waals surface area contributed by atoms with Gasteiger partial charge >= 0.3 is 0 Å². The number of para-hydroxylation sites is 2. The van der Waals surface area contributed by atoms with Gasteiger partial charge in [0.1, 0.15) is 23.3 Å². The van der Waals surface area contributed by atoms with Crippen molar-refractivity contribution in [3.05, 3.63) is 192 Å². The van der Waals surface area contributed by atoms with Crippen molar-refractivity contribution in [1.82, 2.24) is 9.13 Å². The lowest BCUT2D eigenvalue weighted by molar-refractivity contribution is 0.589. The zero-order valence-corrected chi connectivity index (χ0v) is 30.7. The number of fused-ring (bicyclic) bond motifs is 6. The van der Waals surface area contributed by atoms with Gasteiger partial charge in [0.05, 0.1) is 39.0 Å². The predicted octanol–water partition coefficient (Wildman–Crippen LogP) is 13.6. The van der Waals surface area contributed by atoms with Gasteiger partial charge in [-0.15, -0.1) is 0 Å². The van der Waals surface area contributed by atoms with Gasteiger partial charge in [0.2, 0.25) is 0 Å². The molecule has 0 atom stereocenters. The van der Waals surface area contributed by atoms with Crippen LogP contribution < -0.4 is 0 Å². The summed E-state index contributed by atoms with van der Waals surface area (Å²) in [4.78, 5) is 0. The Bertz CT molecular complexity index is 3060. The van der Waals surface area contributed by atoms with Gasteiger partial charge in [-0.25, -0.2) is 8.78 Å². The zero-order chi connectivity index (χ0) is 38.1. The molecule has 56 heavy (non-hydrogen) atoms. The Hall–Kier alpha value is -7.29. The fourth-order valence-electron chi connectivity index (χ4n) is 8.47. The van der Waals surface area contributed by atoms with Crippen LogP contribution in [0.1, 0.15) is 16.7 Å². The summed E-state index contributed by atoms with van der Waals surface area (Å²) in [5.41, 5.74) is 11.6. The third kappa shape index (κ3) is 5.22. The van der Waals surface area contributed by atoms with Crippen molar-refractivity contribution < 1.29 is 8.78 Å². The average molecular weight is 726 g/mol. The fourth-order valence-corrected chi connectivity index (χ4v) is 8.47. The monoisotopic (exact) mass is 725 g/mol. The molecule has 0 saturated carbocycles. The van der Waals surface area contributed by atoms with Crippen LogP contribution in [0.4, 0.5) is 8.78 Å². The van der Waals surface area contributed by atoms with Crippen LogP contribution in [-0.2, 0) is 0 Å². The Kier molecular flexibility index (Phi) is 7.69. The summed E-state index contributed by atoms with van der Waals surface area (Å²) in [7, 11) is 0. The van der Waals surface area contributed by atoms with Crippen LogP contribution in [0, 0.1) is 36.8 Å². The van der Waals surface area contributed by atoms with E-state index in [4.69, 9.17) is 0 Å². The third-order valence-corrected chi connectivity index (χ3v) is 11.0. The van der Waals surface area contributed by atoms with Crippen molar-refractivity contribution >= 4 is 43.6 Å². The number of hydrogen-bond acceptors (Lipinski definition) is 1. The molecular formula is C51H33F2N3. The first-order valence-corrected chi connectivity index (χ1v) is 18.6. The minimum Gasteiger partial charge on any atom is -0.308 e. The van der Waals surface area contributed by atoms with Crippen LogP contribution in [0.2, 0.25) is 0 Å². The first kappa shape index (κ1) is 33.3. The lowest BCUT2D eigenvalue weighted by Gasteiger charge is -2.19. The van der Waals surface area contributed by atoms with Crippen LogP contribution >= 0.6 is 0 Å². The Labute approximate surface area is 322 Å². The maximum Gasteiger partial charge on any atom is 0.133 e. The Morgan fingerprint density at radius 2 is 0.839 bits per heavy atom. The summed E-state index contributed by atoms with van der Waals surface area (Å²) >= 11 is 0. The topological polar surface area (TPSA) is 33.6 Å². The molecule has 2 heterocycles. The average Bonchev–Trinajstić information content (AvgIpc) is 3.72. The summed E-state index contributed by atoms with van der Waals surface area (Å²) < 4.78 is 36.0. The predicted molar refractivity (Wildman–Crippen MR) is 226 cm³/mol. The number of hydrogen-bond donors (Lipinski definition) is 0. The van der Waals surface area contributed by atoms with E-state index in [1.807, 2.05) is 48.5 Å². The third-order valence-electron chi connectivity index (χ3n) is 11.0. The number of aromatic nitrogens is 2. The molecule has 0 bridgehead atoms. The molecule has 8 aromatic carbocycles. The molecule has 0 amide bonds. The fraction of sp³-hybridized carbons (Fsp3) is 0.0392. The number of halogens is 2. The molecule has 0 unspecified atom stereocenters. The second-order valence-electron chi connectivity index (χ2n) is 14.5. The molecule has 0 aliphatic carbocycles. The van der Waals surface area contributed by atoms with Crippen LogP contribution in [0.5, 0.6) is 0 Å². The summed E-state index contributed by atoms with van der Waals surface area (Å²) in [6.45, 7) is 4.15. The van der Waals surface area contributed by atoms with Gasteiger partial charge in [0.15, 0.2) is 0 Å². The molecule has 0 N–H and O–H groups in total. The standard InChI is InChI=1S/C51H33F2N3/c1-31-10-7-12-33(24-31)35-20-22-40-38-14-3-5-18-45(38)55(47(40)26-35)49-28-37(51-43(52)16-9-17-44(51)53)29-50(42(49)30-54)56-46-19-6-4-15-39(46)41-23-21-36(27-48(41)56)34-13-8-11-32(2)25-34/h3-29H,1-2H3. The highest BCUT2D eigenvalue weighted by atomic mass is 19.1. The van der Waals surface area contributed by atoms with Gasteiger partial charge in [0.25, 0.3) is 0 Å². The van der Waals surface area contributed by atoms with Crippen molar-refractivity contribution in [3.63, 3.8) is 0 Å². The van der Waals surface area contributed by atoms with Crippen molar-refractivity contribution in [2.75, 3.05) is 0 Å². The molecule has 10 aromatic rings. The quantitative estimate of drug-likeness (QED) is 0.174. The molecule has 10 rings (SSSR count). The summed E-state index contributed by atoms with van der Waals surface area (Å²) in [6, 6.07) is 55.8. The Morgan fingerprint density at radius 3 is 1.30 bits per heavy atom. The van der Waals surface area contributed by atoms with Gasteiger partial charge in [-0.1, -0.05) is 126 Å². The molecule has 0 spiro atoms. The van der Waals surface area contributed by atoms with E-state index < -0.39 is 11.6 Å². The van der Waals surface area contributed by atoms with E-state index in [1.165, 1.54) is 18.2 Å². The maximum absolute atomic E-state index is 15.9. The summed E-state index contributed by atoms with van der Waals surface area (Å²) in [5, 5.41) is 15.4. The first-order chi connectivity index (χ1) is 27.4. The number of nitrogens with zero attached hydrogens (tertiary/aromatic N) is 3. The first-order valence-electron chi connectivity index (χ1n) is 18.6. The molecule has 266 valence electrons. The van der Waals surface area contributed by atoms with Crippen LogP contribution in [0.15, 0.2) is 164 Å². The van der Waals surface area contributed by atoms with Crippen molar-refractivity contribution in [2.45, 2.75) is 13.8 Å². The van der Waals surface area contributed by atoms with Gasteiger partial charge in [-0.3, -0.25) is 0 Å². The minimum absolute atomic E-state index is 0.151. The number of nitriles is 1. The number of rotatable bonds is 5. The second kappa shape index (κ2) is 12.9. The van der Waals surface area contributed by atoms with Gasteiger partial charge in [0, 0.05) is 21.5 Å². The molecule has 0 aliphatic rings. The van der Waals surface area contributed by atoms with Crippen LogP contribution in [0.25, 0.3) is 88.4 Å². The maximum atomic E-state index is 15.9. The second-order valence-corrected chi connectivity index (χ2v) is 14.5. The number of benzene rings is 8. The number of aryl methyl sites for hydroxylation is 2. The van der Waals surface area contributed by atoms with Crippen LogP contribution in [-0.4, -0.2) is 9.13 Å². The van der Waals surface area contributed by atoms with E-state index >= 15 is 8.78 Å². The SMILES string of the molecule is Cc1cccc(-c2ccc3c4ccccc4n(-c4cc(-c5c(F)cccc5F)cc(-n5c6ccccc6c6ccc(-c7cccc(C)c7)cc65)c4C#N)c3c2)c1. The molecule has 3 nitrogen and oxygen atoms in total. The van der Waals surface area contributed by atoms with E-state index in [0.29, 0.717) is 22.5 Å². The van der Waals surface area contributed by atoms with E-state index in [-0.39, 0.29) is 5.56 Å². The van der Waals surface area contributed by atoms with Gasteiger partial charge in [-0.05, 0) is 90.2 Å². The molecule has 2 aromatic heterocycles. The molecule has 5 heteroatoms. The highest BCUT2D eigenvalue weighted by Crippen LogP contribution is 2.42. The highest BCUT2D eigenvalue weighted by Gasteiger charge is 2.24. The van der Waals surface area contributed by atoms with Gasteiger partial charge < -0.3 is 9.13 Å². The molecular weight excluding hydrogens is 693 g/mol. The summed E-state index contributed by atoms with van der Waals surface area (Å²) in [5.74, 6) is -1.36. The van der Waals surface area contributed by atoms with E-state index in [1.54, 1.807) is 12.1 Å². The smallest absolute Gasteiger partial charge is 0.133 e. The largest absolute Gasteiger partial charge is 0.308 e. The Morgan fingerprint density at radius 1 is 0.411 bits per heavy atom. The van der Waals surface area contributed by atoms with Crippen molar-refractivity contribution in [2.24, 2.45) is 0 Å². The lowest BCUT2D eigenvalue weighted by Crippen LogP contribution is -2.06. The zero-order valence-electron chi connectivity index (χ0n) is 30.7. The molecule has 0 fully saturated rings. The molecule has 0 saturated heterocycles. The molecule has 0 aliphatic heterocycles. The van der Waals surface area contributed by atoms with Crippen molar-refractivity contribution in [1.29, 1.82) is 5.26 Å².